The summed E-state index contributed by atoms with van der Waals surface area (Å²) in [4.78, 5) is 4.29. The van der Waals surface area contributed by atoms with Gasteiger partial charge in [0.2, 0.25) is 11.7 Å². The molecule has 0 saturated heterocycles. The molecule has 0 bridgehead atoms. The highest BCUT2D eigenvalue weighted by Gasteiger charge is 2.08. The smallest absolute Gasteiger partial charge is 0.246 e. The summed E-state index contributed by atoms with van der Waals surface area (Å²) in [6.07, 6.45) is 0. The van der Waals surface area contributed by atoms with Crippen LogP contribution in [0.25, 0.3) is 11.4 Å². The molecule has 106 valence electrons. The molecule has 0 fully saturated rings. The molecule has 0 unspecified atom stereocenters. The Hall–Kier alpha value is -2.53. The highest BCUT2D eigenvalue weighted by molar-refractivity contribution is 6.30. The van der Waals surface area contributed by atoms with E-state index in [0.717, 1.165) is 11.3 Å². The van der Waals surface area contributed by atoms with Crippen LogP contribution in [0.15, 0.2) is 53.1 Å². The Morgan fingerprint density at radius 2 is 1.95 bits per heavy atom. The second kappa shape index (κ2) is 5.85. The van der Waals surface area contributed by atoms with Crippen molar-refractivity contribution in [3.05, 3.63) is 59.4 Å². The van der Waals surface area contributed by atoms with E-state index in [4.69, 9.17) is 16.1 Å². The van der Waals surface area contributed by atoms with Crippen molar-refractivity contribution < 1.29 is 9.63 Å². The molecule has 0 saturated carbocycles. The Bertz CT molecular complexity index is 741. The van der Waals surface area contributed by atoms with Gasteiger partial charge in [-0.15, -0.1) is 0 Å². The van der Waals surface area contributed by atoms with E-state index in [2.05, 4.69) is 15.5 Å². The fourth-order valence-electron chi connectivity index (χ4n) is 1.83. The number of phenols is 1. The number of phenolic OH excluding ortho intramolecular Hbond substituents is 1. The Balaban J connectivity index is 1.69. The first kappa shape index (κ1) is 13.5. The fourth-order valence-corrected chi connectivity index (χ4v) is 2.02. The fraction of sp³-hybridized carbons (Fsp3) is 0.0667. The van der Waals surface area contributed by atoms with Crippen molar-refractivity contribution in [2.75, 3.05) is 5.32 Å². The highest BCUT2D eigenvalue weighted by atomic mass is 35.5. The van der Waals surface area contributed by atoms with Crippen LogP contribution >= 0.6 is 11.6 Å². The molecule has 3 rings (SSSR count). The zero-order valence-electron chi connectivity index (χ0n) is 11.0. The molecule has 1 aromatic heterocycles. The number of aromatic hydroxyl groups is 1. The molecule has 1 heterocycles. The lowest BCUT2D eigenvalue weighted by molar-refractivity contribution is 0.384. The van der Waals surface area contributed by atoms with Crippen LogP contribution in [-0.2, 0) is 6.54 Å². The SMILES string of the molecule is Oc1ccc(-c2noc(CNc3cccc(Cl)c3)n2)cc1. The average molecular weight is 302 g/mol. The van der Waals surface area contributed by atoms with Crippen LogP contribution in [0.5, 0.6) is 5.75 Å². The zero-order valence-corrected chi connectivity index (χ0v) is 11.7. The summed E-state index contributed by atoms with van der Waals surface area (Å²) in [7, 11) is 0. The molecule has 2 N–H and O–H groups in total. The van der Waals surface area contributed by atoms with Crippen LogP contribution in [0.2, 0.25) is 5.02 Å². The van der Waals surface area contributed by atoms with E-state index in [1.807, 2.05) is 24.3 Å². The quantitative estimate of drug-likeness (QED) is 0.768. The Morgan fingerprint density at radius 3 is 2.71 bits per heavy atom. The van der Waals surface area contributed by atoms with Gasteiger partial charge in [-0.05, 0) is 42.5 Å². The second-order valence-corrected chi connectivity index (χ2v) is 4.86. The number of anilines is 1. The number of rotatable bonds is 4. The van der Waals surface area contributed by atoms with E-state index >= 15 is 0 Å². The van der Waals surface area contributed by atoms with Gasteiger partial charge in [-0.1, -0.05) is 22.8 Å². The third kappa shape index (κ3) is 3.32. The van der Waals surface area contributed by atoms with Gasteiger partial charge in [-0.25, -0.2) is 0 Å². The van der Waals surface area contributed by atoms with Gasteiger partial charge in [0, 0.05) is 16.3 Å². The first-order valence-corrected chi connectivity index (χ1v) is 6.70. The van der Waals surface area contributed by atoms with E-state index in [1.54, 1.807) is 24.3 Å². The number of hydrogen-bond donors (Lipinski definition) is 2. The molecular weight excluding hydrogens is 290 g/mol. The number of nitrogens with zero attached hydrogens (tertiary/aromatic N) is 2. The molecule has 5 nitrogen and oxygen atoms in total. The maximum atomic E-state index is 9.26. The summed E-state index contributed by atoms with van der Waals surface area (Å²) < 4.78 is 5.18. The average Bonchev–Trinajstić information content (AvgIpc) is 2.95. The van der Waals surface area contributed by atoms with Gasteiger partial charge >= 0.3 is 0 Å². The number of hydrogen-bond acceptors (Lipinski definition) is 5. The lowest BCUT2D eigenvalue weighted by atomic mass is 10.2. The Morgan fingerprint density at radius 1 is 1.14 bits per heavy atom. The normalized spacial score (nSPS) is 10.5. The van der Waals surface area contributed by atoms with Gasteiger partial charge in [0.05, 0.1) is 6.54 Å². The Labute approximate surface area is 126 Å². The van der Waals surface area contributed by atoms with Crippen LogP contribution in [0.4, 0.5) is 5.69 Å². The standard InChI is InChI=1S/C15H12ClN3O2/c16-11-2-1-3-12(8-11)17-9-14-18-15(19-21-14)10-4-6-13(20)7-5-10/h1-8,17,20H,9H2. The van der Waals surface area contributed by atoms with Crippen molar-refractivity contribution in [1.82, 2.24) is 10.1 Å². The van der Waals surface area contributed by atoms with Crippen molar-refractivity contribution in [1.29, 1.82) is 0 Å². The van der Waals surface area contributed by atoms with E-state index in [9.17, 15) is 5.11 Å². The van der Waals surface area contributed by atoms with Gasteiger partial charge in [0.25, 0.3) is 0 Å². The van der Waals surface area contributed by atoms with Gasteiger partial charge in [-0.3, -0.25) is 0 Å². The van der Waals surface area contributed by atoms with Crippen molar-refractivity contribution in [2.24, 2.45) is 0 Å². The first-order valence-electron chi connectivity index (χ1n) is 6.32. The molecule has 0 aliphatic heterocycles. The third-order valence-electron chi connectivity index (χ3n) is 2.86. The number of nitrogens with one attached hydrogen (secondary N) is 1. The van der Waals surface area contributed by atoms with Crippen LogP contribution in [-0.4, -0.2) is 15.2 Å². The van der Waals surface area contributed by atoms with E-state index in [0.29, 0.717) is 23.3 Å². The molecule has 21 heavy (non-hydrogen) atoms. The molecule has 6 heteroatoms. The molecule has 0 aliphatic carbocycles. The van der Waals surface area contributed by atoms with Crippen LogP contribution in [0.3, 0.4) is 0 Å². The molecule has 3 aromatic rings. The lowest BCUT2D eigenvalue weighted by Gasteiger charge is -2.02. The molecule has 0 amide bonds. The Kier molecular flexibility index (Phi) is 3.75. The molecule has 0 atom stereocenters. The summed E-state index contributed by atoms with van der Waals surface area (Å²) in [5.74, 6) is 1.15. The van der Waals surface area contributed by atoms with Gasteiger partial charge < -0.3 is 14.9 Å². The van der Waals surface area contributed by atoms with E-state index in [1.165, 1.54) is 0 Å². The highest BCUT2D eigenvalue weighted by Crippen LogP contribution is 2.20. The van der Waals surface area contributed by atoms with E-state index in [-0.39, 0.29) is 5.75 Å². The minimum Gasteiger partial charge on any atom is -0.508 e. The van der Waals surface area contributed by atoms with Crippen LogP contribution in [0.1, 0.15) is 5.89 Å². The molecule has 2 aromatic carbocycles. The summed E-state index contributed by atoms with van der Waals surface area (Å²) in [5.41, 5.74) is 1.66. The topological polar surface area (TPSA) is 71.2 Å². The molecule has 0 radical (unpaired) electrons. The van der Waals surface area contributed by atoms with Gasteiger partial charge in [-0.2, -0.15) is 4.98 Å². The summed E-state index contributed by atoms with van der Waals surface area (Å²) in [6.45, 7) is 0.408. The zero-order chi connectivity index (χ0) is 14.7. The van der Waals surface area contributed by atoms with Crippen molar-refractivity contribution in [2.45, 2.75) is 6.54 Å². The largest absolute Gasteiger partial charge is 0.508 e. The van der Waals surface area contributed by atoms with Crippen molar-refractivity contribution in [3.8, 4) is 17.1 Å². The molecule has 0 aliphatic rings. The first-order chi connectivity index (χ1) is 10.2. The summed E-state index contributed by atoms with van der Waals surface area (Å²) in [6, 6.07) is 14.0. The predicted octanol–water partition coefficient (Wildman–Crippen LogP) is 3.71. The summed E-state index contributed by atoms with van der Waals surface area (Å²) in [5, 5.41) is 17.0. The van der Waals surface area contributed by atoms with Crippen LogP contribution < -0.4 is 5.32 Å². The lowest BCUT2D eigenvalue weighted by Crippen LogP contribution is -1.99. The number of halogens is 1. The van der Waals surface area contributed by atoms with Crippen molar-refractivity contribution >= 4 is 17.3 Å². The van der Waals surface area contributed by atoms with Gasteiger partial charge in [0.15, 0.2) is 0 Å². The minimum atomic E-state index is 0.199. The van der Waals surface area contributed by atoms with Crippen molar-refractivity contribution in [3.63, 3.8) is 0 Å². The molecule has 0 spiro atoms. The van der Waals surface area contributed by atoms with Gasteiger partial charge in [0.1, 0.15) is 5.75 Å². The third-order valence-corrected chi connectivity index (χ3v) is 3.10. The monoisotopic (exact) mass is 301 g/mol. The maximum Gasteiger partial charge on any atom is 0.246 e. The minimum absolute atomic E-state index is 0.199. The number of aromatic nitrogens is 2. The predicted molar refractivity (Wildman–Crippen MR) is 80.2 cm³/mol. The van der Waals surface area contributed by atoms with E-state index < -0.39 is 0 Å². The summed E-state index contributed by atoms with van der Waals surface area (Å²) >= 11 is 5.91. The maximum absolute atomic E-state index is 9.26. The second-order valence-electron chi connectivity index (χ2n) is 4.42. The number of benzene rings is 2. The molecular formula is C15H12ClN3O2. The van der Waals surface area contributed by atoms with Crippen LogP contribution in [0, 0.1) is 0 Å².